The number of hydrogen-bond donors (Lipinski definition) is 2. The average Bonchev–Trinajstić information content (AvgIpc) is 3.35. The molecule has 24 heavy (non-hydrogen) atoms. The van der Waals surface area contributed by atoms with Crippen molar-refractivity contribution >= 4 is 22.5 Å². The van der Waals surface area contributed by atoms with Crippen LogP contribution in [0.2, 0.25) is 0 Å². The van der Waals surface area contributed by atoms with Gasteiger partial charge in [0, 0.05) is 29.3 Å². The molecule has 1 amide bonds. The number of aromatic nitrogens is 3. The van der Waals surface area contributed by atoms with Gasteiger partial charge in [-0.2, -0.15) is 5.10 Å². The summed E-state index contributed by atoms with van der Waals surface area (Å²) in [6.07, 6.45) is 3.99. The van der Waals surface area contributed by atoms with Gasteiger partial charge in [0.15, 0.2) is 5.82 Å². The Morgan fingerprint density at radius 2 is 2.12 bits per heavy atom. The molecule has 1 aromatic carbocycles. The number of nitrogens with zero attached hydrogens (tertiary/aromatic N) is 2. The van der Waals surface area contributed by atoms with Crippen LogP contribution in [0.25, 0.3) is 10.8 Å². The number of benzene rings is 1. The fourth-order valence-corrected chi connectivity index (χ4v) is 2.87. The Morgan fingerprint density at radius 3 is 2.92 bits per heavy atom. The molecule has 6 nitrogen and oxygen atoms in total. The fraction of sp³-hybridized carbons (Fsp3) is 0.278. The third kappa shape index (κ3) is 2.60. The van der Waals surface area contributed by atoms with Gasteiger partial charge in [0.25, 0.3) is 5.56 Å². The van der Waals surface area contributed by atoms with Crippen molar-refractivity contribution < 1.29 is 4.79 Å². The molecule has 122 valence electrons. The molecule has 1 aliphatic rings. The van der Waals surface area contributed by atoms with Crippen molar-refractivity contribution in [3.05, 3.63) is 58.6 Å². The molecule has 1 unspecified atom stereocenters. The lowest BCUT2D eigenvalue weighted by Gasteiger charge is -2.14. The van der Waals surface area contributed by atoms with Gasteiger partial charge in [0.05, 0.1) is 0 Å². The summed E-state index contributed by atoms with van der Waals surface area (Å²) >= 11 is 0. The third-order valence-corrected chi connectivity index (χ3v) is 4.50. The predicted molar refractivity (Wildman–Crippen MR) is 92.1 cm³/mol. The first-order valence-corrected chi connectivity index (χ1v) is 8.09. The fourth-order valence-electron chi connectivity index (χ4n) is 2.87. The van der Waals surface area contributed by atoms with Crippen molar-refractivity contribution in [1.82, 2.24) is 14.8 Å². The van der Waals surface area contributed by atoms with Gasteiger partial charge in [0.1, 0.15) is 6.04 Å². The van der Waals surface area contributed by atoms with E-state index in [0.717, 1.165) is 11.1 Å². The maximum Gasteiger partial charge on any atom is 0.259 e. The van der Waals surface area contributed by atoms with Gasteiger partial charge in [-0.1, -0.05) is 18.2 Å². The van der Waals surface area contributed by atoms with E-state index in [2.05, 4.69) is 15.5 Å². The van der Waals surface area contributed by atoms with Crippen molar-refractivity contribution in [1.29, 1.82) is 0 Å². The first-order valence-electron chi connectivity index (χ1n) is 8.09. The zero-order valence-corrected chi connectivity index (χ0v) is 13.3. The van der Waals surface area contributed by atoms with Gasteiger partial charge < -0.3 is 9.88 Å². The number of aromatic amines is 1. The van der Waals surface area contributed by atoms with Gasteiger partial charge in [-0.25, -0.2) is 0 Å². The molecule has 2 heterocycles. The highest BCUT2D eigenvalue weighted by Crippen LogP contribution is 2.39. The quantitative estimate of drug-likeness (QED) is 0.775. The first kappa shape index (κ1) is 14.7. The van der Waals surface area contributed by atoms with Crippen LogP contribution in [0, 0.1) is 0 Å². The van der Waals surface area contributed by atoms with Crippen LogP contribution in [0.4, 0.5) is 5.82 Å². The second-order valence-electron chi connectivity index (χ2n) is 6.26. The van der Waals surface area contributed by atoms with Gasteiger partial charge in [-0.15, -0.1) is 0 Å². The molecule has 0 aliphatic heterocycles. The number of hydrogen-bond acceptors (Lipinski definition) is 3. The summed E-state index contributed by atoms with van der Waals surface area (Å²) in [5, 5.41) is 11.3. The number of pyridine rings is 1. The number of rotatable bonds is 4. The van der Waals surface area contributed by atoms with Crippen LogP contribution in [0.5, 0.6) is 0 Å². The molecule has 1 atom stereocenters. The van der Waals surface area contributed by atoms with E-state index in [1.807, 2.05) is 30.3 Å². The highest BCUT2D eigenvalue weighted by atomic mass is 16.2. The lowest BCUT2D eigenvalue weighted by molar-refractivity contribution is -0.118. The van der Waals surface area contributed by atoms with Gasteiger partial charge in [0.2, 0.25) is 5.91 Å². The summed E-state index contributed by atoms with van der Waals surface area (Å²) in [5.41, 5.74) is 0.886. The molecule has 3 aromatic rings. The molecule has 2 N–H and O–H groups in total. The topological polar surface area (TPSA) is 79.8 Å². The molecule has 2 aromatic heterocycles. The minimum absolute atomic E-state index is 0.170. The molecule has 4 rings (SSSR count). The molecule has 1 saturated carbocycles. The standard InChI is InChI=1S/C18H18N4O2/c1-11(17(23)19-16-10-15(20-21-16)13-6-7-13)22-9-8-12-4-2-3-5-14(12)18(22)24/h2-5,8-11,13H,6-7H2,1H3,(H2,19,20,21,23). The highest BCUT2D eigenvalue weighted by Gasteiger charge is 2.26. The van der Waals surface area contributed by atoms with Crippen LogP contribution >= 0.6 is 0 Å². The smallest absolute Gasteiger partial charge is 0.259 e. The summed E-state index contributed by atoms with van der Waals surface area (Å²) in [6.45, 7) is 1.71. The van der Waals surface area contributed by atoms with E-state index in [-0.39, 0.29) is 11.5 Å². The number of nitrogens with one attached hydrogen (secondary N) is 2. The Hall–Kier alpha value is -2.89. The van der Waals surface area contributed by atoms with Gasteiger partial charge >= 0.3 is 0 Å². The predicted octanol–water partition coefficient (Wildman–Crippen LogP) is 2.80. The molecule has 0 saturated heterocycles. The van der Waals surface area contributed by atoms with Gasteiger partial charge in [-0.05, 0) is 37.3 Å². The third-order valence-electron chi connectivity index (χ3n) is 4.50. The van der Waals surface area contributed by atoms with Crippen LogP contribution in [0.3, 0.4) is 0 Å². The second kappa shape index (κ2) is 5.63. The normalized spacial score (nSPS) is 15.4. The van der Waals surface area contributed by atoms with E-state index in [0.29, 0.717) is 17.1 Å². The SMILES string of the molecule is CC(C(=O)Nc1cc(C2CC2)[nH]n1)n1ccc2ccccc2c1=O. The number of anilines is 1. The summed E-state index contributed by atoms with van der Waals surface area (Å²) < 4.78 is 1.45. The number of carbonyl (C=O) groups is 1. The summed E-state index contributed by atoms with van der Waals surface area (Å²) in [6, 6.07) is 10.5. The minimum atomic E-state index is -0.622. The molecule has 0 spiro atoms. The van der Waals surface area contributed by atoms with Crippen LogP contribution in [-0.2, 0) is 4.79 Å². The maximum absolute atomic E-state index is 12.6. The lowest BCUT2D eigenvalue weighted by Crippen LogP contribution is -2.31. The molecule has 0 bridgehead atoms. The van der Waals surface area contributed by atoms with Crippen molar-refractivity contribution in [2.75, 3.05) is 5.32 Å². The van der Waals surface area contributed by atoms with Crippen molar-refractivity contribution in [2.45, 2.75) is 31.7 Å². The van der Waals surface area contributed by atoms with E-state index < -0.39 is 6.04 Å². The van der Waals surface area contributed by atoms with Gasteiger partial charge in [-0.3, -0.25) is 14.7 Å². The number of amides is 1. The van der Waals surface area contributed by atoms with E-state index in [1.54, 1.807) is 19.2 Å². The Labute approximate surface area is 138 Å². The minimum Gasteiger partial charge on any atom is -0.307 e. The second-order valence-corrected chi connectivity index (χ2v) is 6.26. The average molecular weight is 322 g/mol. The Bertz CT molecular complexity index is 968. The van der Waals surface area contributed by atoms with Crippen LogP contribution < -0.4 is 10.9 Å². The molecule has 0 radical (unpaired) electrons. The van der Waals surface area contributed by atoms with Crippen molar-refractivity contribution in [2.24, 2.45) is 0 Å². The van der Waals surface area contributed by atoms with E-state index >= 15 is 0 Å². The Kier molecular flexibility index (Phi) is 3.45. The summed E-state index contributed by atoms with van der Waals surface area (Å²) in [7, 11) is 0. The van der Waals surface area contributed by atoms with Crippen molar-refractivity contribution in [3.8, 4) is 0 Å². The van der Waals surface area contributed by atoms with E-state index in [4.69, 9.17) is 0 Å². The summed E-state index contributed by atoms with van der Waals surface area (Å²) in [4.78, 5) is 25.1. The zero-order chi connectivity index (χ0) is 16.7. The molecular formula is C18H18N4O2. The number of H-pyrrole nitrogens is 1. The summed E-state index contributed by atoms with van der Waals surface area (Å²) in [5.74, 6) is 0.785. The first-order chi connectivity index (χ1) is 11.6. The van der Waals surface area contributed by atoms with Crippen LogP contribution in [0.15, 0.2) is 47.4 Å². The zero-order valence-electron chi connectivity index (χ0n) is 13.3. The number of fused-ring (bicyclic) bond motifs is 1. The molecule has 6 heteroatoms. The van der Waals surface area contributed by atoms with E-state index in [1.165, 1.54) is 17.4 Å². The molecular weight excluding hydrogens is 304 g/mol. The monoisotopic (exact) mass is 322 g/mol. The van der Waals surface area contributed by atoms with Crippen LogP contribution in [0.1, 0.15) is 37.4 Å². The number of carbonyl (C=O) groups excluding carboxylic acids is 1. The molecule has 1 fully saturated rings. The van der Waals surface area contributed by atoms with Crippen LogP contribution in [-0.4, -0.2) is 20.7 Å². The van der Waals surface area contributed by atoms with Crippen molar-refractivity contribution in [3.63, 3.8) is 0 Å². The molecule has 1 aliphatic carbocycles. The highest BCUT2D eigenvalue weighted by molar-refractivity contribution is 5.93. The Morgan fingerprint density at radius 1 is 1.33 bits per heavy atom. The van der Waals surface area contributed by atoms with E-state index in [9.17, 15) is 9.59 Å². The lowest BCUT2D eigenvalue weighted by atomic mass is 10.1. The largest absolute Gasteiger partial charge is 0.307 e. The maximum atomic E-state index is 12.6. The Balaban J connectivity index is 1.57.